The van der Waals surface area contributed by atoms with E-state index in [4.69, 9.17) is 23.2 Å². The molecule has 1 fully saturated rings. The number of piperidine rings is 1. The van der Waals surface area contributed by atoms with Gasteiger partial charge in [-0.15, -0.1) is 0 Å². The van der Waals surface area contributed by atoms with E-state index >= 15 is 0 Å². The number of halogens is 2. The predicted octanol–water partition coefficient (Wildman–Crippen LogP) is 4.50. The molecule has 1 heterocycles. The first-order chi connectivity index (χ1) is 11.4. The van der Waals surface area contributed by atoms with E-state index in [1.165, 1.54) is 19.3 Å². The highest BCUT2D eigenvalue weighted by Gasteiger charge is 2.26. The van der Waals surface area contributed by atoms with E-state index < -0.39 is 0 Å². The van der Waals surface area contributed by atoms with E-state index in [-0.39, 0.29) is 11.9 Å². The van der Waals surface area contributed by atoms with Gasteiger partial charge in [-0.3, -0.25) is 4.79 Å². The van der Waals surface area contributed by atoms with Crippen LogP contribution in [0.15, 0.2) is 18.2 Å². The third-order valence-electron chi connectivity index (χ3n) is 4.89. The number of benzene rings is 1. The number of hydrogen-bond acceptors (Lipinski definition) is 2. The molecule has 5 heteroatoms. The fourth-order valence-electron chi connectivity index (χ4n) is 3.32. The molecule has 1 aliphatic heterocycles. The molecule has 0 radical (unpaired) electrons. The number of likely N-dealkylation sites (N-methyl/N-ethyl adjacent to an activating group) is 1. The molecule has 1 aromatic carbocycles. The zero-order valence-electron chi connectivity index (χ0n) is 14.9. The van der Waals surface area contributed by atoms with E-state index in [9.17, 15) is 4.79 Å². The van der Waals surface area contributed by atoms with Crippen molar-refractivity contribution in [3.63, 3.8) is 0 Å². The summed E-state index contributed by atoms with van der Waals surface area (Å²) in [6.45, 7) is 7.65. The van der Waals surface area contributed by atoms with E-state index in [1.807, 2.05) is 18.0 Å². The molecule has 0 unspecified atom stereocenters. The Kier molecular flexibility index (Phi) is 7.39. The van der Waals surface area contributed by atoms with Crippen LogP contribution in [0, 0.1) is 5.92 Å². The van der Waals surface area contributed by atoms with E-state index in [2.05, 4.69) is 18.7 Å². The quantitative estimate of drug-likeness (QED) is 0.735. The summed E-state index contributed by atoms with van der Waals surface area (Å²) in [5.41, 5.74) is 0.904. The molecule has 0 saturated carbocycles. The van der Waals surface area contributed by atoms with Crippen LogP contribution >= 0.6 is 23.2 Å². The maximum Gasteiger partial charge on any atom is 0.227 e. The van der Waals surface area contributed by atoms with Crippen molar-refractivity contribution >= 4 is 29.1 Å². The summed E-state index contributed by atoms with van der Waals surface area (Å²) in [6, 6.07) is 5.64. The second-order valence-corrected chi connectivity index (χ2v) is 7.92. The van der Waals surface area contributed by atoms with Crippen molar-refractivity contribution in [3.8, 4) is 0 Å². The molecule has 134 valence electrons. The Labute approximate surface area is 155 Å². The number of likely N-dealkylation sites (tertiary alicyclic amines) is 1. The van der Waals surface area contributed by atoms with E-state index in [0.717, 1.165) is 25.2 Å². The molecule has 1 atom stereocenters. The minimum Gasteiger partial charge on any atom is -0.341 e. The second-order valence-electron chi connectivity index (χ2n) is 7.10. The van der Waals surface area contributed by atoms with Gasteiger partial charge in [-0.2, -0.15) is 0 Å². The Balaban J connectivity index is 2.00. The summed E-state index contributed by atoms with van der Waals surface area (Å²) < 4.78 is 0. The van der Waals surface area contributed by atoms with Crippen molar-refractivity contribution in [1.29, 1.82) is 0 Å². The van der Waals surface area contributed by atoms with Gasteiger partial charge in [0, 0.05) is 19.6 Å². The van der Waals surface area contributed by atoms with Crippen molar-refractivity contribution in [1.82, 2.24) is 9.80 Å². The zero-order valence-corrected chi connectivity index (χ0v) is 16.4. The highest BCUT2D eigenvalue weighted by atomic mass is 35.5. The first-order valence-electron chi connectivity index (χ1n) is 8.80. The van der Waals surface area contributed by atoms with Crippen LogP contribution in [0.1, 0.15) is 38.7 Å². The lowest BCUT2D eigenvalue weighted by Gasteiger charge is -2.37. The maximum absolute atomic E-state index is 12.7. The van der Waals surface area contributed by atoms with Crippen LogP contribution < -0.4 is 0 Å². The molecular formula is C19H28Cl2N2O. The van der Waals surface area contributed by atoms with Crippen LogP contribution in [0.2, 0.25) is 10.0 Å². The van der Waals surface area contributed by atoms with Crippen LogP contribution in [0.5, 0.6) is 0 Å². The predicted molar refractivity (Wildman–Crippen MR) is 102 cm³/mol. The third-order valence-corrected chi connectivity index (χ3v) is 5.63. The van der Waals surface area contributed by atoms with Crippen molar-refractivity contribution in [2.45, 2.75) is 45.6 Å². The van der Waals surface area contributed by atoms with E-state index in [0.29, 0.717) is 22.4 Å². The van der Waals surface area contributed by atoms with Gasteiger partial charge in [0.1, 0.15) is 0 Å². The summed E-state index contributed by atoms with van der Waals surface area (Å²) in [4.78, 5) is 17.1. The zero-order chi connectivity index (χ0) is 17.7. The molecule has 2 rings (SSSR count). The van der Waals surface area contributed by atoms with Crippen LogP contribution in [0.3, 0.4) is 0 Å². The number of nitrogens with zero attached hydrogens (tertiary/aromatic N) is 2. The van der Waals surface area contributed by atoms with Crippen molar-refractivity contribution in [2.75, 3.05) is 26.7 Å². The van der Waals surface area contributed by atoms with Gasteiger partial charge in [-0.1, -0.05) is 49.5 Å². The standard InChI is InChI=1S/C19H28Cl2N2O/c1-14(2)18(13-23-9-5-4-6-10-23)22(3)19(24)12-15-7-8-16(20)17(21)11-15/h7-8,11,14,18H,4-6,9-10,12-13H2,1-3H3/t18-/m1/s1. The summed E-state index contributed by atoms with van der Waals surface area (Å²) in [5.74, 6) is 0.554. The lowest BCUT2D eigenvalue weighted by atomic mass is 10.00. The topological polar surface area (TPSA) is 23.6 Å². The first-order valence-corrected chi connectivity index (χ1v) is 9.56. The fourth-order valence-corrected chi connectivity index (χ4v) is 3.64. The number of carbonyl (C=O) groups excluding carboxylic acids is 1. The molecule has 0 aliphatic carbocycles. The average Bonchev–Trinajstić information content (AvgIpc) is 2.56. The van der Waals surface area contributed by atoms with Crippen molar-refractivity contribution in [2.24, 2.45) is 5.92 Å². The summed E-state index contributed by atoms with van der Waals surface area (Å²) >= 11 is 12.0. The molecule has 1 aliphatic rings. The highest BCUT2D eigenvalue weighted by molar-refractivity contribution is 6.42. The Morgan fingerprint density at radius 3 is 2.42 bits per heavy atom. The number of amides is 1. The molecule has 0 spiro atoms. The molecule has 1 saturated heterocycles. The van der Waals surface area contributed by atoms with Gasteiger partial charge in [0.2, 0.25) is 5.91 Å². The van der Waals surface area contributed by atoms with Crippen molar-refractivity contribution in [3.05, 3.63) is 33.8 Å². The normalized spacial score (nSPS) is 17.1. The van der Waals surface area contributed by atoms with Gasteiger partial charge >= 0.3 is 0 Å². The average molecular weight is 371 g/mol. The van der Waals surface area contributed by atoms with Gasteiger partial charge < -0.3 is 9.80 Å². The fraction of sp³-hybridized carbons (Fsp3) is 0.632. The molecule has 1 aromatic rings. The maximum atomic E-state index is 12.7. The Morgan fingerprint density at radius 1 is 1.17 bits per heavy atom. The number of hydrogen-bond donors (Lipinski definition) is 0. The smallest absolute Gasteiger partial charge is 0.227 e. The Bertz CT molecular complexity index is 556. The molecule has 1 amide bonds. The molecule has 3 nitrogen and oxygen atoms in total. The van der Waals surface area contributed by atoms with Crippen LogP contribution in [0.4, 0.5) is 0 Å². The minimum absolute atomic E-state index is 0.129. The summed E-state index contributed by atoms with van der Waals surface area (Å²) in [7, 11) is 1.93. The molecular weight excluding hydrogens is 343 g/mol. The number of carbonyl (C=O) groups is 1. The summed E-state index contributed by atoms with van der Waals surface area (Å²) in [6.07, 6.45) is 4.23. The Morgan fingerprint density at radius 2 is 1.83 bits per heavy atom. The summed E-state index contributed by atoms with van der Waals surface area (Å²) in [5, 5.41) is 1.02. The molecule has 0 bridgehead atoms. The first kappa shape index (κ1) is 19.6. The number of rotatable bonds is 6. The molecule has 24 heavy (non-hydrogen) atoms. The Hall–Kier alpha value is -0.770. The highest BCUT2D eigenvalue weighted by Crippen LogP contribution is 2.23. The minimum atomic E-state index is 0.129. The SMILES string of the molecule is CC(C)[C@@H](CN1CCCCC1)N(C)C(=O)Cc1ccc(Cl)c(Cl)c1. The van der Waals surface area contributed by atoms with Gasteiger partial charge in [-0.05, 0) is 49.5 Å². The van der Waals surface area contributed by atoms with Crippen LogP contribution in [0.25, 0.3) is 0 Å². The molecule has 0 aromatic heterocycles. The lowest BCUT2D eigenvalue weighted by molar-refractivity contribution is -0.132. The monoisotopic (exact) mass is 370 g/mol. The third kappa shape index (κ3) is 5.37. The van der Waals surface area contributed by atoms with Crippen LogP contribution in [-0.2, 0) is 11.2 Å². The van der Waals surface area contributed by atoms with Crippen LogP contribution in [-0.4, -0.2) is 48.4 Å². The lowest BCUT2D eigenvalue weighted by Crippen LogP contribution is -2.49. The molecule has 0 N–H and O–H groups in total. The largest absolute Gasteiger partial charge is 0.341 e. The van der Waals surface area contributed by atoms with Gasteiger partial charge in [0.25, 0.3) is 0 Å². The van der Waals surface area contributed by atoms with Gasteiger partial charge in [0.05, 0.1) is 16.5 Å². The van der Waals surface area contributed by atoms with Crippen molar-refractivity contribution < 1.29 is 4.79 Å². The van der Waals surface area contributed by atoms with Gasteiger partial charge in [0.15, 0.2) is 0 Å². The second kappa shape index (κ2) is 9.07. The van der Waals surface area contributed by atoms with Gasteiger partial charge in [-0.25, -0.2) is 0 Å². The van der Waals surface area contributed by atoms with E-state index in [1.54, 1.807) is 12.1 Å².